The maximum absolute atomic E-state index is 13.1. The van der Waals surface area contributed by atoms with Gasteiger partial charge < -0.3 is 10.1 Å². The van der Waals surface area contributed by atoms with Gasteiger partial charge in [-0.15, -0.1) is 5.10 Å². The average Bonchev–Trinajstić information content (AvgIpc) is 3.37. The van der Waals surface area contributed by atoms with E-state index in [0.29, 0.717) is 27.8 Å². The molecule has 27 heavy (non-hydrogen) atoms. The zero-order valence-electron chi connectivity index (χ0n) is 14.1. The monoisotopic (exact) mass is 431 g/mol. The van der Waals surface area contributed by atoms with Crippen LogP contribution in [0.1, 0.15) is 18.9 Å². The van der Waals surface area contributed by atoms with E-state index in [9.17, 15) is 9.18 Å². The van der Waals surface area contributed by atoms with Crippen molar-refractivity contribution in [3.63, 3.8) is 0 Å². The fourth-order valence-corrected chi connectivity index (χ4v) is 3.08. The van der Waals surface area contributed by atoms with Crippen LogP contribution in [-0.4, -0.2) is 32.7 Å². The minimum atomic E-state index is -0.385. The first-order valence-corrected chi connectivity index (χ1v) is 9.15. The van der Waals surface area contributed by atoms with E-state index >= 15 is 0 Å². The average molecular weight is 432 g/mol. The van der Waals surface area contributed by atoms with Crippen LogP contribution >= 0.6 is 15.9 Å². The predicted octanol–water partition coefficient (Wildman–Crippen LogP) is 3.59. The van der Waals surface area contributed by atoms with Crippen molar-refractivity contribution in [3.05, 3.63) is 52.8 Å². The second kappa shape index (κ2) is 7.43. The maximum atomic E-state index is 13.1. The third-order valence-corrected chi connectivity index (χ3v) is 4.66. The van der Waals surface area contributed by atoms with Gasteiger partial charge in [-0.05, 0) is 69.5 Å². The molecule has 1 saturated carbocycles. The van der Waals surface area contributed by atoms with Gasteiger partial charge in [0.05, 0.1) is 10.5 Å². The molecule has 0 atom stereocenters. The molecule has 1 amide bonds. The van der Waals surface area contributed by atoms with E-state index in [4.69, 9.17) is 4.74 Å². The first kappa shape index (κ1) is 17.6. The molecule has 1 aromatic heterocycles. The zero-order chi connectivity index (χ0) is 18.8. The first-order chi connectivity index (χ1) is 13.1. The van der Waals surface area contributed by atoms with E-state index in [1.807, 2.05) is 22.9 Å². The van der Waals surface area contributed by atoms with Crippen LogP contribution < -0.4 is 10.1 Å². The van der Waals surface area contributed by atoms with E-state index in [2.05, 4.69) is 36.8 Å². The van der Waals surface area contributed by atoms with Gasteiger partial charge in [0.1, 0.15) is 11.6 Å². The van der Waals surface area contributed by atoms with Crippen molar-refractivity contribution in [2.45, 2.75) is 18.9 Å². The molecule has 3 aromatic rings. The Bertz CT molecular complexity index is 989. The Morgan fingerprint density at radius 3 is 2.93 bits per heavy atom. The molecule has 0 unspecified atom stereocenters. The third kappa shape index (κ3) is 4.13. The van der Waals surface area contributed by atoms with Crippen LogP contribution in [0, 0.1) is 5.82 Å². The molecule has 0 bridgehead atoms. The Hall–Kier alpha value is -2.81. The molecular formula is C18H15BrFN5O2. The van der Waals surface area contributed by atoms with Crippen molar-refractivity contribution in [1.29, 1.82) is 0 Å². The van der Waals surface area contributed by atoms with Crippen LogP contribution in [0.5, 0.6) is 5.75 Å². The Labute approximate surface area is 162 Å². The number of hydrogen-bond acceptors (Lipinski definition) is 5. The number of nitrogens with one attached hydrogen (secondary N) is 1. The van der Waals surface area contributed by atoms with Crippen molar-refractivity contribution in [2.75, 3.05) is 11.9 Å². The number of amides is 1. The first-order valence-electron chi connectivity index (χ1n) is 8.36. The summed E-state index contributed by atoms with van der Waals surface area (Å²) in [4.78, 5) is 12.2. The van der Waals surface area contributed by atoms with Crippen LogP contribution in [0.3, 0.4) is 0 Å². The summed E-state index contributed by atoms with van der Waals surface area (Å²) >= 11 is 3.20. The summed E-state index contributed by atoms with van der Waals surface area (Å²) in [5.41, 5.74) is 1.44. The number of carbonyl (C=O) groups is 1. The Balaban J connectivity index is 1.42. The maximum Gasteiger partial charge on any atom is 0.262 e. The second-order valence-corrected chi connectivity index (χ2v) is 7.02. The van der Waals surface area contributed by atoms with Gasteiger partial charge in [0, 0.05) is 11.3 Å². The SMILES string of the molecule is O=C(COc1ccc(F)cc1Br)Nc1cccc(-c2nnnn2C2CC2)c1. The molecule has 0 saturated heterocycles. The largest absolute Gasteiger partial charge is 0.483 e. The summed E-state index contributed by atoms with van der Waals surface area (Å²) in [5, 5.41) is 14.7. The molecule has 1 N–H and O–H groups in total. The van der Waals surface area contributed by atoms with E-state index in [1.54, 1.807) is 6.07 Å². The summed E-state index contributed by atoms with van der Waals surface area (Å²) in [7, 11) is 0. The molecular weight excluding hydrogens is 417 g/mol. The van der Waals surface area contributed by atoms with Crippen molar-refractivity contribution < 1.29 is 13.9 Å². The summed E-state index contributed by atoms with van der Waals surface area (Å²) in [6.45, 7) is -0.200. The number of aromatic nitrogens is 4. The summed E-state index contributed by atoms with van der Waals surface area (Å²) in [6.07, 6.45) is 2.15. The lowest BCUT2D eigenvalue weighted by Crippen LogP contribution is -2.20. The van der Waals surface area contributed by atoms with E-state index in [-0.39, 0.29) is 18.3 Å². The van der Waals surface area contributed by atoms with Crippen LogP contribution in [0.2, 0.25) is 0 Å². The van der Waals surface area contributed by atoms with Crippen LogP contribution in [0.25, 0.3) is 11.4 Å². The van der Waals surface area contributed by atoms with Crippen LogP contribution in [0.4, 0.5) is 10.1 Å². The van der Waals surface area contributed by atoms with Gasteiger partial charge in [-0.3, -0.25) is 4.79 Å². The fraction of sp³-hybridized carbons (Fsp3) is 0.222. The number of tetrazole rings is 1. The minimum Gasteiger partial charge on any atom is -0.483 e. The molecule has 7 nitrogen and oxygen atoms in total. The lowest BCUT2D eigenvalue weighted by molar-refractivity contribution is -0.118. The summed E-state index contributed by atoms with van der Waals surface area (Å²) in [6, 6.07) is 11.7. The van der Waals surface area contributed by atoms with Gasteiger partial charge in [0.25, 0.3) is 5.91 Å². The standard InChI is InChI=1S/C18H15BrFN5O2/c19-15-9-12(20)4-7-16(15)27-10-17(26)21-13-3-1-2-11(8-13)18-22-23-24-25(18)14-5-6-14/h1-4,7-9,14H,5-6,10H2,(H,21,26). The predicted molar refractivity (Wildman–Crippen MR) is 99.7 cm³/mol. The highest BCUT2D eigenvalue weighted by Gasteiger charge is 2.28. The normalized spacial score (nSPS) is 13.4. The molecule has 1 aliphatic carbocycles. The lowest BCUT2D eigenvalue weighted by atomic mass is 10.2. The van der Waals surface area contributed by atoms with Gasteiger partial charge in [0.15, 0.2) is 12.4 Å². The molecule has 0 radical (unpaired) electrons. The van der Waals surface area contributed by atoms with Crippen molar-refractivity contribution in [1.82, 2.24) is 20.2 Å². The number of carbonyl (C=O) groups excluding carboxylic acids is 1. The number of hydrogen-bond donors (Lipinski definition) is 1. The quantitative estimate of drug-likeness (QED) is 0.644. The number of halogens is 2. The number of benzene rings is 2. The molecule has 9 heteroatoms. The summed E-state index contributed by atoms with van der Waals surface area (Å²) < 4.78 is 20.8. The van der Waals surface area contributed by atoms with Gasteiger partial charge in [-0.1, -0.05) is 12.1 Å². The molecule has 4 rings (SSSR count). The van der Waals surface area contributed by atoms with Gasteiger partial charge in [-0.25, -0.2) is 9.07 Å². The van der Waals surface area contributed by atoms with Crippen molar-refractivity contribution in [2.24, 2.45) is 0 Å². The van der Waals surface area contributed by atoms with Crippen molar-refractivity contribution >= 4 is 27.5 Å². The van der Waals surface area contributed by atoms with Gasteiger partial charge >= 0.3 is 0 Å². The van der Waals surface area contributed by atoms with Gasteiger partial charge in [0.2, 0.25) is 0 Å². The van der Waals surface area contributed by atoms with Crippen LogP contribution in [-0.2, 0) is 4.79 Å². The lowest BCUT2D eigenvalue weighted by Gasteiger charge is -2.10. The van der Waals surface area contributed by atoms with E-state index < -0.39 is 0 Å². The van der Waals surface area contributed by atoms with Gasteiger partial charge in [-0.2, -0.15) is 0 Å². The van der Waals surface area contributed by atoms with E-state index in [1.165, 1.54) is 18.2 Å². The molecule has 0 aliphatic heterocycles. The number of ether oxygens (including phenoxy) is 1. The highest BCUT2D eigenvalue weighted by atomic mass is 79.9. The number of rotatable bonds is 6. The Kier molecular flexibility index (Phi) is 4.85. The second-order valence-electron chi connectivity index (χ2n) is 6.17. The number of nitrogens with zero attached hydrogens (tertiary/aromatic N) is 4. The minimum absolute atomic E-state index is 0.200. The Morgan fingerprint density at radius 1 is 1.30 bits per heavy atom. The summed E-state index contributed by atoms with van der Waals surface area (Å²) in [5.74, 6) is 0.359. The van der Waals surface area contributed by atoms with Crippen molar-refractivity contribution in [3.8, 4) is 17.1 Å². The molecule has 138 valence electrons. The Morgan fingerprint density at radius 2 is 2.15 bits per heavy atom. The molecule has 1 heterocycles. The van der Waals surface area contributed by atoms with Crippen LogP contribution in [0.15, 0.2) is 46.9 Å². The molecule has 2 aromatic carbocycles. The highest BCUT2D eigenvalue weighted by molar-refractivity contribution is 9.10. The molecule has 1 fully saturated rings. The third-order valence-electron chi connectivity index (χ3n) is 4.04. The zero-order valence-corrected chi connectivity index (χ0v) is 15.7. The highest BCUT2D eigenvalue weighted by Crippen LogP contribution is 2.36. The molecule has 0 spiro atoms. The molecule has 1 aliphatic rings. The smallest absolute Gasteiger partial charge is 0.262 e. The fourth-order valence-electron chi connectivity index (χ4n) is 2.62. The number of anilines is 1. The topological polar surface area (TPSA) is 81.9 Å². The van der Waals surface area contributed by atoms with E-state index in [0.717, 1.165) is 18.4 Å².